The Balaban J connectivity index is 1.85. The molecule has 27 heavy (non-hydrogen) atoms. The van der Waals surface area contributed by atoms with Crippen molar-refractivity contribution in [2.75, 3.05) is 11.9 Å². The number of hydrogen-bond donors (Lipinski definition) is 0. The van der Waals surface area contributed by atoms with Crippen LogP contribution < -0.4 is 4.90 Å². The van der Waals surface area contributed by atoms with Gasteiger partial charge in [0.25, 0.3) is 11.8 Å². The lowest BCUT2D eigenvalue weighted by molar-refractivity contribution is -0.127. The summed E-state index contributed by atoms with van der Waals surface area (Å²) in [5.41, 5.74) is 2.57. The molecule has 1 aliphatic heterocycles. The Labute approximate surface area is 162 Å². The van der Waals surface area contributed by atoms with Crippen molar-refractivity contribution >= 4 is 51.8 Å². The Morgan fingerprint density at radius 1 is 0.889 bits per heavy atom. The Kier molecular flexibility index (Phi) is 4.12. The summed E-state index contributed by atoms with van der Waals surface area (Å²) in [6, 6.07) is 17.0. The molecule has 6 heteroatoms. The van der Waals surface area contributed by atoms with E-state index in [1.807, 2.05) is 60.3 Å². The Morgan fingerprint density at radius 2 is 1.56 bits per heavy atom. The molecule has 0 aliphatic carbocycles. The predicted molar refractivity (Wildman–Crippen MR) is 110 cm³/mol. The van der Waals surface area contributed by atoms with E-state index in [1.54, 1.807) is 25.3 Å². The maximum atomic E-state index is 13.2. The first-order valence-corrected chi connectivity index (χ1v) is 8.87. The number of aromatic nitrogens is 1. The minimum absolute atomic E-state index is 0.0892. The van der Waals surface area contributed by atoms with Gasteiger partial charge < -0.3 is 4.57 Å². The summed E-state index contributed by atoms with van der Waals surface area (Å²) in [5, 5.41) is 1.15. The minimum atomic E-state index is -0.415. The van der Waals surface area contributed by atoms with Crippen LogP contribution >= 0.6 is 12.2 Å². The molecule has 0 radical (unpaired) electrons. The average molecular weight is 375 g/mol. The second kappa shape index (κ2) is 6.48. The molecule has 1 saturated heterocycles. The van der Waals surface area contributed by atoms with Crippen molar-refractivity contribution in [1.29, 1.82) is 0 Å². The Hall–Kier alpha value is -3.25. The van der Waals surface area contributed by atoms with Gasteiger partial charge in [0.05, 0.1) is 5.69 Å². The summed E-state index contributed by atoms with van der Waals surface area (Å²) in [6.45, 7) is 0. The zero-order valence-electron chi connectivity index (χ0n) is 14.9. The number of thiocarbonyl (C=S) groups is 1. The maximum Gasteiger partial charge on any atom is 0.270 e. The van der Waals surface area contributed by atoms with E-state index >= 15 is 0 Å². The van der Waals surface area contributed by atoms with Gasteiger partial charge in [-0.2, -0.15) is 0 Å². The number of anilines is 1. The number of aryl methyl sites for hydroxylation is 1. The third kappa shape index (κ3) is 2.74. The molecular weight excluding hydrogens is 358 g/mol. The van der Waals surface area contributed by atoms with Crippen molar-refractivity contribution in [1.82, 2.24) is 9.47 Å². The SMILES string of the molecule is CN1C(=O)C(=Cc2cn(C)c3ccccc23)C(=O)N(c2ccccc2)C1=S. The van der Waals surface area contributed by atoms with Crippen LogP contribution in [0.2, 0.25) is 0 Å². The van der Waals surface area contributed by atoms with Crippen LogP contribution in [0.1, 0.15) is 5.56 Å². The van der Waals surface area contributed by atoms with E-state index in [9.17, 15) is 9.59 Å². The van der Waals surface area contributed by atoms with Crippen molar-refractivity contribution < 1.29 is 9.59 Å². The molecule has 0 bridgehead atoms. The second-order valence-corrected chi connectivity index (χ2v) is 6.76. The number of nitrogens with zero attached hydrogens (tertiary/aromatic N) is 3. The quantitative estimate of drug-likeness (QED) is 0.392. The lowest BCUT2D eigenvalue weighted by atomic mass is 10.1. The fraction of sp³-hybridized carbons (Fsp3) is 0.0952. The monoisotopic (exact) mass is 375 g/mol. The van der Waals surface area contributed by atoms with E-state index in [-0.39, 0.29) is 10.7 Å². The molecule has 0 spiro atoms. The van der Waals surface area contributed by atoms with E-state index in [2.05, 4.69) is 0 Å². The van der Waals surface area contributed by atoms with Crippen molar-refractivity contribution in [3.63, 3.8) is 0 Å². The molecule has 4 rings (SSSR count). The molecule has 2 aromatic carbocycles. The van der Waals surface area contributed by atoms with Crippen LogP contribution in [0.3, 0.4) is 0 Å². The zero-order valence-corrected chi connectivity index (χ0v) is 15.7. The maximum absolute atomic E-state index is 13.2. The fourth-order valence-electron chi connectivity index (χ4n) is 3.29. The lowest BCUT2D eigenvalue weighted by Gasteiger charge is -2.34. The van der Waals surface area contributed by atoms with E-state index in [1.165, 1.54) is 9.80 Å². The molecule has 0 saturated carbocycles. The highest BCUT2D eigenvalue weighted by atomic mass is 32.1. The number of fused-ring (bicyclic) bond motifs is 1. The van der Waals surface area contributed by atoms with Crippen molar-refractivity contribution in [3.05, 3.63) is 71.9 Å². The number of carbonyl (C=O) groups is 2. The summed E-state index contributed by atoms with van der Waals surface area (Å²) < 4.78 is 1.98. The van der Waals surface area contributed by atoms with Gasteiger partial charge in [0.1, 0.15) is 5.57 Å². The average Bonchev–Trinajstić information content (AvgIpc) is 3.00. The summed E-state index contributed by atoms with van der Waals surface area (Å²) in [4.78, 5) is 28.7. The molecule has 2 amide bonds. The van der Waals surface area contributed by atoms with E-state index < -0.39 is 11.8 Å². The first-order valence-electron chi connectivity index (χ1n) is 8.46. The Morgan fingerprint density at radius 3 is 2.30 bits per heavy atom. The predicted octanol–water partition coefficient (Wildman–Crippen LogP) is 3.35. The number of likely N-dealkylation sites (N-methyl/N-ethyl adjacent to an activating group) is 1. The van der Waals surface area contributed by atoms with Gasteiger partial charge in [-0.3, -0.25) is 19.4 Å². The highest BCUT2D eigenvalue weighted by Gasteiger charge is 2.38. The van der Waals surface area contributed by atoms with Crippen LogP contribution in [0.5, 0.6) is 0 Å². The minimum Gasteiger partial charge on any atom is -0.350 e. The summed E-state index contributed by atoms with van der Waals surface area (Å²) in [5.74, 6) is -0.813. The molecule has 0 N–H and O–H groups in total. The molecule has 3 aromatic rings. The van der Waals surface area contributed by atoms with E-state index in [0.29, 0.717) is 5.69 Å². The molecular formula is C21H17N3O2S. The van der Waals surface area contributed by atoms with Crippen molar-refractivity contribution in [3.8, 4) is 0 Å². The van der Waals surface area contributed by atoms with Crippen LogP contribution in [0.25, 0.3) is 17.0 Å². The number of benzene rings is 2. The molecule has 1 fully saturated rings. The normalized spacial score (nSPS) is 16.7. The topological polar surface area (TPSA) is 45.6 Å². The zero-order chi connectivity index (χ0) is 19.1. The highest BCUT2D eigenvalue weighted by Crippen LogP contribution is 2.28. The summed E-state index contributed by atoms with van der Waals surface area (Å²) in [7, 11) is 3.52. The Bertz CT molecular complexity index is 1110. The summed E-state index contributed by atoms with van der Waals surface area (Å²) in [6.07, 6.45) is 3.57. The molecule has 0 atom stereocenters. The smallest absolute Gasteiger partial charge is 0.270 e. The largest absolute Gasteiger partial charge is 0.350 e. The van der Waals surface area contributed by atoms with Crippen LogP contribution in [-0.2, 0) is 16.6 Å². The first-order chi connectivity index (χ1) is 13.0. The number of hydrogen-bond acceptors (Lipinski definition) is 3. The van der Waals surface area contributed by atoms with Gasteiger partial charge in [-0.25, -0.2) is 0 Å². The van der Waals surface area contributed by atoms with E-state index in [0.717, 1.165) is 16.5 Å². The molecule has 1 aliphatic rings. The standard InChI is InChI=1S/C21H17N3O2S/c1-22-13-14(16-10-6-7-11-18(16)22)12-17-19(25)23(2)21(27)24(20(17)26)15-8-4-3-5-9-15/h3-13H,1-2H3. The number of carbonyl (C=O) groups excluding carboxylic acids is 2. The molecule has 1 aromatic heterocycles. The fourth-order valence-corrected chi connectivity index (χ4v) is 3.56. The number of amides is 2. The van der Waals surface area contributed by atoms with Gasteiger partial charge >= 0.3 is 0 Å². The van der Waals surface area contributed by atoms with Crippen LogP contribution in [0.4, 0.5) is 5.69 Å². The third-order valence-corrected chi connectivity index (χ3v) is 5.15. The van der Waals surface area contributed by atoms with Crippen molar-refractivity contribution in [2.24, 2.45) is 7.05 Å². The van der Waals surface area contributed by atoms with Gasteiger partial charge in [0.2, 0.25) is 0 Å². The van der Waals surface area contributed by atoms with Crippen LogP contribution in [0, 0.1) is 0 Å². The number of rotatable bonds is 2. The van der Waals surface area contributed by atoms with Gasteiger partial charge in [-0.15, -0.1) is 0 Å². The lowest BCUT2D eigenvalue weighted by Crippen LogP contribution is -2.54. The van der Waals surface area contributed by atoms with Crippen molar-refractivity contribution in [2.45, 2.75) is 0 Å². The van der Waals surface area contributed by atoms with Gasteiger partial charge in [0, 0.05) is 36.8 Å². The highest BCUT2D eigenvalue weighted by molar-refractivity contribution is 7.80. The van der Waals surface area contributed by atoms with E-state index in [4.69, 9.17) is 12.2 Å². The van der Waals surface area contributed by atoms with Crippen LogP contribution in [-0.4, -0.2) is 33.4 Å². The van der Waals surface area contributed by atoms with Gasteiger partial charge in [-0.1, -0.05) is 36.4 Å². The first kappa shape index (κ1) is 17.2. The molecule has 2 heterocycles. The molecule has 0 unspecified atom stereocenters. The number of para-hydroxylation sites is 2. The second-order valence-electron chi connectivity index (χ2n) is 6.39. The van der Waals surface area contributed by atoms with Gasteiger partial charge in [-0.05, 0) is 36.5 Å². The summed E-state index contributed by atoms with van der Waals surface area (Å²) >= 11 is 5.36. The third-order valence-electron chi connectivity index (χ3n) is 4.69. The molecule has 5 nitrogen and oxygen atoms in total. The van der Waals surface area contributed by atoms with Crippen LogP contribution in [0.15, 0.2) is 66.4 Å². The van der Waals surface area contributed by atoms with Gasteiger partial charge in [0.15, 0.2) is 5.11 Å². The molecule has 134 valence electrons.